The second kappa shape index (κ2) is 6.97. The molecule has 0 saturated heterocycles. The fourth-order valence-electron chi connectivity index (χ4n) is 2.76. The molecule has 0 radical (unpaired) electrons. The number of hydrogen-bond acceptors (Lipinski definition) is 7. The third-order valence-electron chi connectivity index (χ3n) is 4.13. The number of rotatable bonds is 5. The van der Waals surface area contributed by atoms with Gasteiger partial charge in [-0.15, -0.1) is 0 Å². The summed E-state index contributed by atoms with van der Waals surface area (Å²) in [6.45, 7) is 1.68. The highest BCUT2D eigenvalue weighted by Gasteiger charge is 2.31. The van der Waals surface area contributed by atoms with Gasteiger partial charge in [-0.3, -0.25) is 4.18 Å². The van der Waals surface area contributed by atoms with Crippen molar-refractivity contribution in [1.82, 2.24) is 0 Å². The molecule has 1 unspecified atom stereocenters. The third-order valence-corrected chi connectivity index (χ3v) is 5.43. The van der Waals surface area contributed by atoms with Gasteiger partial charge in [-0.25, -0.2) is 4.79 Å². The van der Waals surface area contributed by atoms with Crippen LogP contribution in [-0.4, -0.2) is 34.2 Å². The highest BCUT2D eigenvalue weighted by Crippen LogP contribution is 2.37. The first-order valence-electron chi connectivity index (χ1n) is 7.94. The molecule has 2 aromatic carbocycles. The molecule has 0 saturated carbocycles. The van der Waals surface area contributed by atoms with Crippen LogP contribution in [0.2, 0.25) is 0 Å². The number of carbonyl (C=O) groups is 1. The van der Waals surface area contributed by atoms with E-state index >= 15 is 0 Å². The number of anilines is 1. The summed E-state index contributed by atoms with van der Waals surface area (Å²) in [6, 6.07) is 9.49. The average molecular weight is 377 g/mol. The Morgan fingerprint density at radius 2 is 1.92 bits per heavy atom. The smallest absolute Gasteiger partial charge is 0.338 e. The summed E-state index contributed by atoms with van der Waals surface area (Å²) in [5.41, 5.74) is 8.16. The van der Waals surface area contributed by atoms with Crippen LogP contribution in [0.1, 0.15) is 21.5 Å². The third kappa shape index (κ3) is 3.51. The van der Waals surface area contributed by atoms with E-state index < -0.39 is 22.2 Å². The second-order valence-electron chi connectivity index (χ2n) is 6.00. The average Bonchev–Trinajstić information content (AvgIpc) is 3.05. The monoisotopic (exact) mass is 377 g/mol. The zero-order valence-corrected chi connectivity index (χ0v) is 15.2. The minimum atomic E-state index is -3.90. The lowest BCUT2D eigenvalue weighted by atomic mass is 10.0. The van der Waals surface area contributed by atoms with Gasteiger partial charge in [-0.05, 0) is 31.2 Å². The Kier molecular flexibility index (Phi) is 4.88. The summed E-state index contributed by atoms with van der Waals surface area (Å²) in [5, 5.41) is 0. The number of hydrogen-bond donors (Lipinski definition) is 1. The van der Waals surface area contributed by atoms with Gasteiger partial charge in [0, 0.05) is 12.0 Å². The van der Waals surface area contributed by atoms with Gasteiger partial charge in [0.1, 0.15) is 18.5 Å². The molecule has 1 aliphatic rings. The van der Waals surface area contributed by atoms with Crippen LogP contribution in [0.15, 0.2) is 41.3 Å². The molecule has 1 aliphatic heterocycles. The van der Waals surface area contributed by atoms with Crippen molar-refractivity contribution in [2.24, 2.45) is 0 Å². The Hall–Kier alpha value is -2.58. The Morgan fingerprint density at radius 1 is 1.23 bits per heavy atom. The van der Waals surface area contributed by atoms with Gasteiger partial charge in [0.25, 0.3) is 10.1 Å². The van der Waals surface area contributed by atoms with Crippen molar-refractivity contribution in [2.45, 2.75) is 24.3 Å². The summed E-state index contributed by atoms with van der Waals surface area (Å²) in [4.78, 5) is 12.0. The molecule has 2 aromatic rings. The van der Waals surface area contributed by atoms with Crippen LogP contribution in [0.5, 0.6) is 5.75 Å². The van der Waals surface area contributed by atoms with Crippen molar-refractivity contribution in [3.05, 3.63) is 53.1 Å². The summed E-state index contributed by atoms with van der Waals surface area (Å²) in [5.74, 6) is -0.132. The number of nitrogen functional groups attached to an aromatic ring is 1. The van der Waals surface area contributed by atoms with Crippen molar-refractivity contribution < 1.29 is 26.9 Å². The van der Waals surface area contributed by atoms with Crippen LogP contribution >= 0.6 is 0 Å². The number of nitrogens with two attached hydrogens (primary N) is 1. The minimum absolute atomic E-state index is 0.0772. The number of benzene rings is 2. The molecule has 0 aliphatic carbocycles. The second-order valence-corrected chi connectivity index (χ2v) is 7.61. The molecule has 0 aromatic heterocycles. The zero-order valence-electron chi connectivity index (χ0n) is 14.4. The molecule has 0 bridgehead atoms. The molecule has 8 heteroatoms. The van der Waals surface area contributed by atoms with Crippen LogP contribution < -0.4 is 10.5 Å². The fourth-order valence-corrected chi connectivity index (χ4v) is 3.69. The van der Waals surface area contributed by atoms with E-state index in [4.69, 9.17) is 19.4 Å². The number of ether oxygens (including phenoxy) is 2. The van der Waals surface area contributed by atoms with E-state index in [1.54, 1.807) is 24.3 Å². The van der Waals surface area contributed by atoms with Crippen molar-refractivity contribution in [3.63, 3.8) is 0 Å². The van der Waals surface area contributed by atoms with Crippen LogP contribution in [-0.2, 0) is 25.5 Å². The van der Waals surface area contributed by atoms with Crippen LogP contribution in [0.3, 0.4) is 0 Å². The molecule has 0 spiro atoms. The van der Waals surface area contributed by atoms with Crippen LogP contribution in [0.4, 0.5) is 5.69 Å². The fraction of sp³-hybridized carbons (Fsp3) is 0.278. The van der Waals surface area contributed by atoms with Crippen molar-refractivity contribution in [3.8, 4) is 5.75 Å². The number of carbonyl (C=O) groups excluding carboxylic acids is 1. The molecule has 7 nitrogen and oxygen atoms in total. The standard InChI is InChI=1S/C18H19NO6S/c1-11-3-5-13(6-4-11)26(21,22)24-10-12-9-15-14(18(20)23-2)7-8-16(19)17(15)25-12/h3-8,12H,9-10,19H2,1-2H3. The van der Waals surface area contributed by atoms with Gasteiger partial charge < -0.3 is 15.2 Å². The van der Waals surface area contributed by atoms with Gasteiger partial charge in [0.2, 0.25) is 0 Å². The highest BCUT2D eigenvalue weighted by atomic mass is 32.2. The SMILES string of the molecule is COC(=O)c1ccc(N)c2c1CC(COS(=O)(=O)c1ccc(C)cc1)O2. The minimum Gasteiger partial charge on any atom is -0.485 e. The molecule has 26 heavy (non-hydrogen) atoms. The molecule has 1 atom stereocenters. The Morgan fingerprint density at radius 3 is 2.58 bits per heavy atom. The van der Waals surface area contributed by atoms with E-state index in [0.29, 0.717) is 29.0 Å². The molecule has 0 amide bonds. The first-order valence-corrected chi connectivity index (χ1v) is 9.35. The maximum absolute atomic E-state index is 12.3. The van der Waals surface area contributed by atoms with E-state index in [1.165, 1.54) is 19.2 Å². The molecule has 138 valence electrons. The molecular formula is C18H19NO6S. The number of methoxy groups -OCH3 is 1. The lowest BCUT2D eigenvalue weighted by Gasteiger charge is -2.12. The normalized spacial score (nSPS) is 16.0. The van der Waals surface area contributed by atoms with E-state index in [-0.39, 0.29) is 11.5 Å². The van der Waals surface area contributed by atoms with Crippen LogP contribution in [0, 0.1) is 6.92 Å². The van der Waals surface area contributed by atoms with E-state index in [2.05, 4.69) is 0 Å². The predicted molar refractivity (Wildman–Crippen MR) is 94.6 cm³/mol. The largest absolute Gasteiger partial charge is 0.485 e. The first kappa shape index (κ1) is 18.2. The number of aryl methyl sites for hydroxylation is 1. The Balaban J connectivity index is 1.74. The van der Waals surface area contributed by atoms with Crippen molar-refractivity contribution in [1.29, 1.82) is 0 Å². The molecule has 3 rings (SSSR count). The molecule has 2 N–H and O–H groups in total. The summed E-state index contributed by atoms with van der Waals surface area (Å²) in [7, 11) is -2.61. The summed E-state index contributed by atoms with van der Waals surface area (Å²) < 4.78 is 40.2. The maximum Gasteiger partial charge on any atom is 0.338 e. The topological polar surface area (TPSA) is 105 Å². The molecule has 1 heterocycles. The van der Waals surface area contributed by atoms with E-state index in [0.717, 1.165) is 5.56 Å². The first-order chi connectivity index (χ1) is 12.3. The lowest BCUT2D eigenvalue weighted by Crippen LogP contribution is -2.23. The molecular weight excluding hydrogens is 358 g/mol. The van der Waals surface area contributed by atoms with Gasteiger partial charge in [-0.1, -0.05) is 17.7 Å². The van der Waals surface area contributed by atoms with Crippen molar-refractivity contribution >= 4 is 21.8 Å². The van der Waals surface area contributed by atoms with Gasteiger partial charge in [0.05, 0.1) is 23.3 Å². The van der Waals surface area contributed by atoms with Crippen molar-refractivity contribution in [2.75, 3.05) is 19.5 Å². The molecule has 0 fully saturated rings. The predicted octanol–water partition coefficient (Wildman–Crippen LogP) is 2.07. The quantitative estimate of drug-likeness (QED) is 0.483. The zero-order chi connectivity index (χ0) is 18.9. The van der Waals surface area contributed by atoms with Gasteiger partial charge >= 0.3 is 5.97 Å². The number of fused-ring (bicyclic) bond motifs is 1. The van der Waals surface area contributed by atoms with Gasteiger partial charge in [-0.2, -0.15) is 8.42 Å². The lowest BCUT2D eigenvalue weighted by molar-refractivity contribution is 0.0599. The summed E-state index contributed by atoms with van der Waals surface area (Å²) in [6.07, 6.45) is -0.271. The Labute approximate surface area is 151 Å². The summed E-state index contributed by atoms with van der Waals surface area (Å²) >= 11 is 0. The number of esters is 1. The maximum atomic E-state index is 12.3. The van der Waals surface area contributed by atoms with Crippen LogP contribution in [0.25, 0.3) is 0 Å². The highest BCUT2D eigenvalue weighted by molar-refractivity contribution is 7.86. The van der Waals surface area contributed by atoms with E-state index in [1.807, 2.05) is 6.92 Å². The van der Waals surface area contributed by atoms with E-state index in [9.17, 15) is 13.2 Å². The van der Waals surface area contributed by atoms with Gasteiger partial charge in [0.15, 0.2) is 0 Å². The Bertz CT molecular complexity index is 937.